The Bertz CT molecular complexity index is 499. The summed E-state index contributed by atoms with van der Waals surface area (Å²) in [5, 5.41) is 0. The third-order valence-corrected chi connectivity index (χ3v) is 4.08. The van der Waals surface area contributed by atoms with Crippen LogP contribution < -0.4 is 5.73 Å². The lowest BCUT2D eigenvalue weighted by atomic mass is 9.88. The van der Waals surface area contributed by atoms with Crippen molar-refractivity contribution in [2.24, 2.45) is 5.73 Å². The molecule has 0 radical (unpaired) electrons. The van der Waals surface area contributed by atoms with E-state index in [1.165, 1.54) is 13.0 Å². The van der Waals surface area contributed by atoms with Crippen LogP contribution in [0.4, 0.5) is 17.6 Å². The Labute approximate surface area is 127 Å². The molecule has 0 bridgehead atoms. The summed E-state index contributed by atoms with van der Waals surface area (Å²) in [5.41, 5.74) is 7.02. The van der Waals surface area contributed by atoms with Crippen molar-refractivity contribution in [3.63, 3.8) is 0 Å². The van der Waals surface area contributed by atoms with Gasteiger partial charge in [-0.15, -0.1) is 13.2 Å². The summed E-state index contributed by atoms with van der Waals surface area (Å²) in [6.07, 6.45) is -4.48. The van der Waals surface area contributed by atoms with Gasteiger partial charge in [0.05, 0.1) is 0 Å². The number of hydrogen-bond donors (Lipinski definition) is 1. The van der Waals surface area contributed by atoms with Crippen molar-refractivity contribution < 1.29 is 22.3 Å². The van der Waals surface area contributed by atoms with Gasteiger partial charge in [-0.25, -0.2) is 4.39 Å². The van der Waals surface area contributed by atoms with Gasteiger partial charge < -0.3 is 5.73 Å². The highest BCUT2D eigenvalue weighted by molar-refractivity contribution is 5.28. The molecule has 1 atom stereocenters. The summed E-state index contributed by atoms with van der Waals surface area (Å²) in [4.78, 5) is 1.62. The highest BCUT2D eigenvalue weighted by Crippen LogP contribution is 2.32. The molecule has 1 heterocycles. The maximum atomic E-state index is 13.9. The minimum atomic E-state index is -4.64. The molecule has 1 aliphatic heterocycles. The highest BCUT2D eigenvalue weighted by Gasteiger charge is 2.35. The Hall–Kier alpha value is -1.18. The first-order chi connectivity index (χ1) is 10.3. The molecule has 22 heavy (non-hydrogen) atoms. The zero-order valence-electron chi connectivity index (χ0n) is 12.4. The van der Waals surface area contributed by atoms with E-state index in [0.29, 0.717) is 38.0 Å². The van der Waals surface area contributed by atoms with Crippen LogP contribution in [-0.2, 0) is 11.3 Å². The van der Waals surface area contributed by atoms with Gasteiger partial charge in [-0.1, -0.05) is 12.1 Å². The Balaban J connectivity index is 1.97. The molecular weight excluding hydrogens is 300 g/mol. The van der Waals surface area contributed by atoms with Crippen LogP contribution in [-0.4, -0.2) is 30.6 Å². The van der Waals surface area contributed by atoms with Gasteiger partial charge in [-0.3, -0.25) is 9.64 Å². The van der Waals surface area contributed by atoms with Crippen LogP contribution >= 0.6 is 0 Å². The fourth-order valence-corrected chi connectivity index (χ4v) is 2.88. The van der Waals surface area contributed by atoms with E-state index in [9.17, 15) is 17.6 Å². The molecule has 1 fully saturated rings. The lowest BCUT2D eigenvalue weighted by Gasteiger charge is -2.36. The third-order valence-electron chi connectivity index (χ3n) is 4.08. The highest BCUT2D eigenvalue weighted by atomic mass is 19.4. The molecule has 1 aromatic rings. The normalized spacial score (nSPS) is 19.4. The van der Waals surface area contributed by atoms with Gasteiger partial charge >= 0.3 is 6.36 Å². The molecule has 2 rings (SSSR count). The second kappa shape index (κ2) is 6.93. The van der Waals surface area contributed by atoms with E-state index in [1.54, 1.807) is 17.0 Å². The fourth-order valence-electron chi connectivity index (χ4n) is 2.88. The molecule has 0 amide bonds. The van der Waals surface area contributed by atoms with Crippen molar-refractivity contribution in [1.29, 1.82) is 0 Å². The Kier molecular flexibility index (Phi) is 5.41. The van der Waals surface area contributed by atoms with E-state index >= 15 is 0 Å². The first kappa shape index (κ1) is 17.2. The molecule has 0 aliphatic carbocycles. The molecule has 0 spiro atoms. The number of benzene rings is 1. The monoisotopic (exact) mass is 320 g/mol. The topological polar surface area (TPSA) is 38.5 Å². The molecule has 1 aliphatic rings. The van der Waals surface area contributed by atoms with Crippen molar-refractivity contribution in [3.05, 3.63) is 35.1 Å². The molecule has 3 nitrogen and oxygen atoms in total. The molecule has 0 aromatic heterocycles. The SMILES string of the molecule is CC(OC(F)(F)F)N1CCC(c2cc(CN)ccc2F)CC1. The summed E-state index contributed by atoms with van der Waals surface area (Å²) in [6, 6.07) is 4.80. The van der Waals surface area contributed by atoms with Gasteiger partial charge in [-0.2, -0.15) is 0 Å². The minimum Gasteiger partial charge on any atom is -0.326 e. The van der Waals surface area contributed by atoms with E-state index in [0.717, 1.165) is 5.56 Å². The number of halogens is 4. The van der Waals surface area contributed by atoms with Crippen LogP contribution in [0.25, 0.3) is 0 Å². The molecule has 1 aromatic carbocycles. The number of nitrogens with two attached hydrogens (primary N) is 1. The van der Waals surface area contributed by atoms with Gasteiger partial charge in [-0.05, 0) is 42.9 Å². The first-order valence-corrected chi connectivity index (χ1v) is 7.27. The summed E-state index contributed by atoms with van der Waals surface area (Å²) in [7, 11) is 0. The van der Waals surface area contributed by atoms with Gasteiger partial charge in [0.2, 0.25) is 0 Å². The molecule has 1 saturated heterocycles. The third kappa shape index (κ3) is 4.41. The minimum absolute atomic E-state index is 0.000775. The van der Waals surface area contributed by atoms with Crippen LogP contribution in [0.1, 0.15) is 36.8 Å². The van der Waals surface area contributed by atoms with Crippen LogP contribution in [0.2, 0.25) is 0 Å². The number of piperidine rings is 1. The summed E-state index contributed by atoms with van der Waals surface area (Å²) in [5.74, 6) is -0.281. The number of likely N-dealkylation sites (tertiary alicyclic amines) is 1. The lowest BCUT2D eigenvalue weighted by Crippen LogP contribution is -2.43. The maximum absolute atomic E-state index is 13.9. The van der Waals surface area contributed by atoms with Gasteiger partial charge in [0, 0.05) is 19.6 Å². The van der Waals surface area contributed by atoms with E-state index in [2.05, 4.69) is 4.74 Å². The van der Waals surface area contributed by atoms with Crippen LogP contribution in [0.5, 0.6) is 0 Å². The van der Waals surface area contributed by atoms with Gasteiger partial charge in [0.15, 0.2) is 0 Å². The predicted molar refractivity (Wildman–Crippen MR) is 74.4 cm³/mol. The number of rotatable bonds is 4. The number of nitrogens with zero attached hydrogens (tertiary/aromatic N) is 1. The average molecular weight is 320 g/mol. The Morgan fingerprint density at radius 1 is 1.32 bits per heavy atom. The van der Waals surface area contributed by atoms with Crippen molar-refractivity contribution in [2.45, 2.75) is 44.8 Å². The zero-order valence-corrected chi connectivity index (χ0v) is 12.4. The largest absolute Gasteiger partial charge is 0.524 e. The van der Waals surface area contributed by atoms with E-state index in [1.807, 2.05) is 0 Å². The maximum Gasteiger partial charge on any atom is 0.524 e. The molecule has 1 unspecified atom stereocenters. The first-order valence-electron chi connectivity index (χ1n) is 7.27. The van der Waals surface area contributed by atoms with Gasteiger partial charge in [0.1, 0.15) is 12.0 Å². The van der Waals surface area contributed by atoms with Crippen molar-refractivity contribution in [2.75, 3.05) is 13.1 Å². The smallest absolute Gasteiger partial charge is 0.326 e. The van der Waals surface area contributed by atoms with Crippen LogP contribution in [0.3, 0.4) is 0 Å². The summed E-state index contributed by atoms with van der Waals surface area (Å²) in [6.45, 7) is 2.59. The quantitative estimate of drug-likeness (QED) is 0.865. The zero-order chi connectivity index (χ0) is 16.3. The Morgan fingerprint density at radius 3 is 2.50 bits per heavy atom. The second-order valence-electron chi connectivity index (χ2n) is 5.53. The van der Waals surface area contributed by atoms with E-state index in [-0.39, 0.29) is 11.7 Å². The number of ether oxygens (including phenoxy) is 1. The number of alkyl halides is 3. The van der Waals surface area contributed by atoms with Crippen molar-refractivity contribution >= 4 is 0 Å². The van der Waals surface area contributed by atoms with Crippen LogP contribution in [0, 0.1) is 5.82 Å². The van der Waals surface area contributed by atoms with Crippen molar-refractivity contribution in [3.8, 4) is 0 Å². The second-order valence-corrected chi connectivity index (χ2v) is 5.53. The predicted octanol–water partition coefficient (Wildman–Crippen LogP) is 3.35. The fraction of sp³-hybridized carbons (Fsp3) is 0.600. The van der Waals surface area contributed by atoms with Crippen molar-refractivity contribution in [1.82, 2.24) is 4.90 Å². The van der Waals surface area contributed by atoms with E-state index in [4.69, 9.17) is 5.73 Å². The van der Waals surface area contributed by atoms with E-state index < -0.39 is 12.6 Å². The average Bonchev–Trinajstić information content (AvgIpc) is 2.46. The van der Waals surface area contributed by atoms with Gasteiger partial charge in [0.25, 0.3) is 0 Å². The molecule has 124 valence electrons. The Morgan fingerprint density at radius 2 is 1.95 bits per heavy atom. The van der Waals surface area contributed by atoms with Crippen LogP contribution in [0.15, 0.2) is 18.2 Å². The molecule has 7 heteroatoms. The molecule has 0 saturated carbocycles. The molecular formula is C15H20F4N2O. The summed E-state index contributed by atoms with van der Waals surface area (Å²) < 4.78 is 54.6. The standard InChI is InChI=1S/C15H20F4N2O/c1-10(22-15(17,18)19)21-6-4-12(5-7-21)13-8-11(9-20)2-3-14(13)16/h2-3,8,10,12H,4-7,9,20H2,1H3. The summed E-state index contributed by atoms with van der Waals surface area (Å²) >= 11 is 0. The number of hydrogen-bond acceptors (Lipinski definition) is 3. The molecule has 2 N–H and O–H groups in total. The lowest BCUT2D eigenvalue weighted by molar-refractivity contribution is -0.357.